The van der Waals surface area contributed by atoms with Crippen molar-refractivity contribution in [1.82, 2.24) is 0 Å². The number of fused-ring (bicyclic) bond motifs is 4. The molecule has 1 unspecified atom stereocenters. The van der Waals surface area contributed by atoms with Gasteiger partial charge in [-0.3, -0.25) is 0 Å². The first kappa shape index (κ1) is 40.0. The molecule has 1 heteroatoms. The Morgan fingerprint density at radius 1 is 0.269 bits per heavy atom. The summed E-state index contributed by atoms with van der Waals surface area (Å²) in [7, 11) is 0. The molecule has 1 aliphatic rings. The van der Waals surface area contributed by atoms with Crippen LogP contribution in [-0.2, 0) is 5.41 Å². The summed E-state index contributed by atoms with van der Waals surface area (Å²) in [5.74, 6) is 0. The van der Waals surface area contributed by atoms with Crippen molar-refractivity contribution in [2.24, 2.45) is 0 Å². The maximum absolute atomic E-state index is 2.39. The van der Waals surface area contributed by atoms with Crippen molar-refractivity contribution in [2.45, 2.75) is 12.3 Å². The van der Waals surface area contributed by atoms with E-state index in [1.165, 1.54) is 94.2 Å². The second kappa shape index (κ2) is 16.8. The number of nitrogens with zero attached hydrogens (tertiary/aromatic N) is 1. The van der Waals surface area contributed by atoms with E-state index < -0.39 is 0 Å². The van der Waals surface area contributed by atoms with Crippen LogP contribution in [0.1, 0.15) is 23.6 Å². The Bertz CT molecular complexity index is 3550. The lowest BCUT2D eigenvalue weighted by molar-refractivity contribution is 0.714. The molecule has 0 aromatic heterocycles. The number of hydrogen-bond acceptors (Lipinski definition) is 1. The molecule has 0 bridgehead atoms. The molecule has 0 amide bonds. The van der Waals surface area contributed by atoms with Gasteiger partial charge in [-0.25, -0.2) is 0 Å². The van der Waals surface area contributed by atoms with Gasteiger partial charge in [0.05, 0.1) is 0 Å². The Morgan fingerprint density at radius 3 is 1.40 bits per heavy atom. The molecule has 12 rings (SSSR count). The molecule has 67 heavy (non-hydrogen) atoms. The third kappa shape index (κ3) is 7.23. The molecule has 0 N–H and O–H groups in total. The minimum atomic E-state index is -0.253. The standard InChI is InChI=1S/C66H47N/c1-66(57-22-6-3-7-23-57)63-27-11-10-25-62(63)65-61(26-14-28-64(65)66)51-37-41-59(42-38-51)67(58-39-35-50(36-40-58)54-20-12-19-53(43-54)46-15-4-2-5-16-46)60-24-13-21-55(45-60)48-29-31-49(32-30-48)56-34-33-47-17-8-9-18-52(47)44-56/h2-45H,1H3. The Labute approximate surface area is 393 Å². The fraction of sp³-hybridized carbons (Fsp3) is 0.0303. The number of anilines is 3. The van der Waals surface area contributed by atoms with Crippen LogP contribution in [0.25, 0.3) is 77.5 Å². The van der Waals surface area contributed by atoms with E-state index in [1.807, 2.05) is 0 Å². The molecule has 0 spiro atoms. The zero-order chi connectivity index (χ0) is 44.7. The van der Waals surface area contributed by atoms with Crippen molar-refractivity contribution >= 4 is 27.8 Å². The first-order valence-electron chi connectivity index (χ1n) is 23.2. The number of hydrogen-bond donors (Lipinski definition) is 0. The van der Waals surface area contributed by atoms with Gasteiger partial charge >= 0.3 is 0 Å². The van der Waals surface area contributed by atoms with E-state index in [9.17, 15) is 0 Å². The average molecular weight is 854 g/mol. The average Bonchev–Trinajstić information content (AvgIpc) is 3.68. The lowest BCUT2D eigenvalue weighted by Gasteiger charge is -2.28. The van der Waals surface area contributed by atoms with Gasteiger partial charge in [-0.05, 0) is 150 Å². The second-order valence-corrected chi connectivity index (χ2v) is 17.8. The van der Waals surface area contributed by atoms with Crippen LogP contribution >= 0.6 is 0 Å². The normalized spacial score (nSPS) is 13.8. The summed E-state index contributed by atoms with van der Waals surface area (Å²) >= 11 is 0. The zero-order valence-electron chi connectivity index (χ0n) is 37.4. The van der Waals surface area contributed by atoms with Crippen molar-refractivity contribution in [3.63, 3.8) is 0 Å². The van der Waals surface area contributed by atoms with E-state index in [0.717, 1.165) is 17.1 Å². The van der Waals surface area contributed by atoms with Gasteiger partial charge in [0.15, 0.2) is 0 Å². The number of benzene rings is 11. The molecule has 1 nitrogen and oxygen atoms in total. The quantitative estimate of drug-likeness (QED) is 0.140. The number of rotatable bonds is 9. The largest absolute Gasteiger partial charge is 0.310 e. The molecule has 1 atom stereocenters. The van der Waals surface area contributed by atoms with Crippen molar-refractivity contribution in [2.75, 3.05) is 4.90 Å². The van der Waals surface area contributed by atoms with Gasteiger partial charge in [-0.1, -0.05) is 218 Å². The van der Waals surface area contributed by atoms with Gasteiger partial charge in [0, 0.05) is 22.5 Å². The van der Waals surface area contributed by atoms with Gasteiger partial charge in [-0.15, -0.1) is 0 Å². The summed E-state index contributed by atoms with van der Waals surface area (Å²) in [4.78, 5) is 2.39. The molecular weight excluding hydrogens is 807 g/mol. The van der Waals surface area contributed by atoms with Crippen LogP contribution in [-0.4, -0.2) is 0 Å². The smallest absolute Gasteiger partial charge is 0.0467 e. The molecule has 0 saturated carbocycles. The van der Waals surface area contributed by atoms with Gasteiger partial charge in [-0.2, -0.15) is 0 Å². The van der Waals surface area contributed by atoms with Crippen LogP contribution in [0.3, 0.4) is 0 Å². The van der Waals surface area contributed by atoms with E-state index in [-0.39, 0.29) is 5.41 Å². The van der Waals surface area contributed by atoms with E-state index >= 15 is 0 Å². The molecule has 11 aromatic carbocycles. The van der Waals surface area contributed by atoms with Gasteiger partial charge in [0.25, 0.3) is 0 Å². The van der Waals surface area contributed by atoms with Crippen LogP contribution in [0, 0.1) is 0 Å². The molecule has 11 aromatic rings. The van der Waals surface area contributed by atoms with Crippen molar-refractivity contribution in [3.05, 3.63) is 284 Å². The monoisotopic (exact) mass is 853 g/mol. The van der Waals surface area contributed by atoms with Gasteiger partial charge in [0.1, 0.15) is 0 Å². The predicted octanol–water partition coefficient (Wildman–Crippen LogP) is 18.0. The van der Waals surface area contributed by atoms with Gasteiger partial charge < -0.3 is 4.90 Å². The fourth-order valence-corrected chi connectivity index (χ4v) is 10.5. The minimum absolute atomic E-state index is 0.253. The summed E-state index contributed by atoms with van der Waals surface area (Å²) in [6.07, 6.45) is 0. The maximum atomic E-state index is 2.39. The van der Waals surface area contributed by atoms with E-state index in [2.05, 4.69) is 279 Å². The van der Waals surface area contributed by atoms with E-state index in [1.54, 1.807) is 0 Å². The highest BCUT2D eigenvalue weighted by atomic mass is 15.1. The highest BCUT2D eigenvalue weighted by Gasteiger charge is 2.41. The van der Waals surface area contributed by atoms with Gasteiger partial charge in [0.2, 0.25) is 0 Å². The van der Waals surface area contributed by atoms with Crippen LogP contribution in [0.5, 0.6) is 0 Å². The lowest BCUT2D eigenvalue weighted by atomic mass is 9.74. The Balaban J connectivity index is 0.925. The molecule has 316 valence electrons. The zero-order valence-corrected chi connectivity index (χ0v) is 37.4. The van der Waals surface area contributed by atoms with Crippen LogP contribution in [0.2, 0.25) is 0 Å². The van der Waals surface area contributed by atoms with Crippen LogP contribution < -0.4 is 4.90 Å². The van der Waals surface area contributed by atoms with Crippen LogP contribution in [0.15, 0.2) is 267 Å². The van der Waals surface area contributed by atoms with Crippen molar-refractivity contribution in [1.29, 1.82) is 0 Å². The molecule has 0 heterocycles. The lowest BCUT2D eigenvalue weighted by Crippen LogP contribution is -2.22. The second-order valence-electron chi connectivity index (χ2n) is 17.8. The SMILES string of the molecule is CC1(c2ccccc2)c2ccccc2-c2c(-c3ccc(N(c4ccc(-c5cccc(-c6ccccc6)c5)cc4)c4cccc(-c5ccc(-c6ccc7ccccc7c6)cc5)c4)cc3)cccc21. The van der Waals surface area contributed by atoms with Crippen molar-refractivity contribution in [3.8, 4) is 66.8 Å². The summed E-state index contributed by atoms with van der Waals surface area (Å²) < 4.78 is 0. The topological polar surface area (TPSA) is 3.24 Å². The first-order valence-corrected chi connectivity index (χ1v) is 23.2. The van der Waals surface area contributed by atoms with Crippen LogP contribution in [0.4, 0.5) is 17.1 Å². The molecule has 0 fully saturated rings. The maximum Gasteiger partial charge on any atom is 0.0467 e. The summed E-state index contributed by atoms with van der Waals surface area (Å²) in [5.41, 5.74) is 21.7. The highest BCUT2D eigenvalue weighted by molar-refractivity contribution is 5.95. The molecule has 1 aliphatic carbocycles. The third-order valence-electron chi connectivity index (χ3n) is 14.0. The molecular formula is C66H47N. The minimum Gasteiger partial charge on any atom is -0.310 e. The van der Waals surface area contributed by atoms with E-state index in [0.29, 0.717) is 0 Å². The predicted molar refractivity (Wildman–Crippen MR) is 283 cm³/mol. The van der Waals surface area contributed by atoms with Crippen molar-refractivity contribution < 1.29 is 0 Å². The first-order chi connectivity index (χ1) is 33.1. The molecule has 0 aliphatic heterocycles. The molecule has 0 radical (unpaired) electrons. The fourth-order valence-electron chi connectivity index (χ4n) is 10.5. The summed E-state index contributed by atoms with van der Waals surface area (Å²) in [6, 6.07) is 97.6. The Kier molecular flexibility index (Phi) is 10.0. The summed E-state index contributed by atoms with van der Waals surface area (Å²) in [5, 5.41) is 2.51. The Hall–Kier alpha value is -8.52. The highest BCUT2D eigenvalue weighted by Crippen LogP contribution is 2.55. The summed E-state index contributed by atoms with van der Waals surface area (Å²) in [6.45, 7) is 2.39. The molecule has 0 saturated heterocycles. The Morgan fingerprint density at radius 2 is 0.716 bits per heavy atom. The third-order valence-corrected chi connectivity index (χ3v) is 14.0. The van der Waals surface area contributed by atoms with E-state index in [4.69, 9.17) is 0 Å².